The average molecular weight is 460 g/mol. The second-order valence-electron chi connectivity index (χ2n) is 8.95. The van der Waals surface area contributed by atoms with Crippen molar-refractivity contribution in [2.75, 3.05) is 0 Å². The van der Waals surface area contributed by atoms with Crippen molar-refractivity contribution < 1.29 is 9.18 Å². The molecule has 2 aliphatic carbocycles. The topological polar surface area (TPSA) is 57.8 Å². The van der Waals surface area contributed by atoms with Gasteiger partial charge in [-0.05, 0) is 55.4 Å². The molecular formula is C24H24Cl2FN3O. The Labute approximate surface area is 190 Å². The van der Waals surface area contributed by atoms with Crippen LogP contribution in [0.4, 0.5) is 4.39 Å². The molecule has 3 atom stereocenters. The third-order valence-electron chi connectivity index (χ3n) is 7.14. The largest absolute Gasteiger partial charge is 0.346 e. The third-order valence-corrected chi connectivity index (χ3v) is 7.75. The highest BCUT2D eigenvalue weighted by molar-refractivity contribution is 6.35. The molecule has 1 heterocycles. The van der Waals surface area contributed by atoms with Crippen molar-refractivity contribution in [1.82, 2.24) is 15.3 Å². The maximum absolute atomic E-state index is 14.3. The summed E-state index contributed by atoms with van der Waals surface area (Å²) in [5, 5.41) is 3.97. The van der Waals surface area contributed by atoms with Crippen molar-refractivity contribution in [3.05, 3.63) is 51.8 Å². The van der Waals surface area contributed by atoms with Crippen molar-refractivity contribution in [2.45, 2.75) is 51.0 Å². The van der Waals surface area contributed by atoms with Gasteiger partial charge < -0.3 is 10.3 Å². The fourth-order valence-corrected chi connectivity index (χ4v) is 6.26. The van der Waals surface area contributed by atoms with Crippen LogP contribution in [0.1, 0.15) is 55.8 Å². The van der Waals surface area contributed by atoms with E-state index < -0.39 is 5.82 Å². The summed E-state index contributed by atoms with van der Waals surface area (Å²) in [6.07, 6.45) is 6.79. The molecule has 2 fully saturated rings. The summed E-state index contributed by atoms with van der Waals surface area (Å²) in [5.41, 5.74) is 1.60. The number of aromatic amines is 1. The Morgan fingerprint density at radius 3 is 2.94 bits per heavy atom. The Kier molecular flexibility index (Phi) is 5.22. The van der Waals surface area contributed by atoms with E-state index in [1.807, 2.05) is 0 Å². The van der Waals surface area contributed by atoms with Crippen molar-refractivity contribution in [3.63, 3.8) is 0 Å². The van der Waals surface area contributed by atoms with Gasteiger partial charge in [0.2, 0.25) is 0 Å². The summed E-state index contributed by atoms with van der Waals surface area (Å²) < 4.78 is 14.3. The van der Waals surface area contributed by atoms with Crippen LogP contribution in [0.15, 0.2) is 30.3 Å². The fourth-order valence-electron chi connectivity index (χ4n) is 5.75. The van der Waals surface area contributed by atoms with Crippen molar-refractivity contribution >= 4 is 40.1 Å². The number of rotatable bonds is 4. The Morgan fingerprint density at radius 2 is 2.16 bits per heavy atom. The summed E-state index contributed by atoms with van der Waals surface area (Å²) in [7, 11) is 0. The van der Waals surface area contributed by atoms with Gasteiger partial charge in [0.15, 0.2) is 0 Å². The molecule has 2 unspecified atom stereocenters. The summed E-state index contributed by atoms with van der Waals surface area (Å²) in [4.78, 5) is 20.8. The molecule has 2 aliphatic rings. The van der Waals surface area contributed by atoms with Crippen LogP contribution in [0.5, 0.6) is 0 Å². The molecule has 2 aromatic carbocycles. The molecule has 3 aromatic rings. The maximum Gasteiger partial charge on any atom is 0.251 e. The molecule has 2 bridgehead atoms. The van der Waals surface area contributed by atoms with E-state index in [9.17, 15) is 9.18 Å². The number of carbonyl (C=O) groups excluding carboxylic acids is 1. The van der Waals surface area contributed by atoms with E-state index in [1.54, 1.807) is 24.3 Å². The predicted octanol–water partition coefficient (Wildman–Crippen LogP) is 6.76. The summed E-state index contributed by atoms with van der Waals surface area (Å²) in [6.45, 7) is 2.21. The first-order valence-corrected chi connectivity index (χ1v) is 11.6. The molecule has 1 amide bonds. The fraction of sp³-hybridized carbons (Fsp3) is 0.417. The van der Waals surface area contributed by atoms with Gasteiger partial charge >= 0.3 is 0 Å². The average Bonchev–Trinajstić information content (AvgIpc) is 3.26. The third kappa shape index (κ3) is 3.52. The van der Waals surface area contributed by atoms with Crippen molar-refractivity contribution in [2.24, 2.45) is 11.8 Å². The van der Waals surface area contributed by atoms with E-state index in [0.717, 1.165) is 25.7 Å². The number of hydrogen-bond acceptors (Lipinski definition) is 2. The van der Waals surface area contributed by atoms with E-state index >= 15 is 0 Å². The molecule has 0 spiro atoms. The normalized spacial score (nSPS) is 25.2. The molecule has 31 heavy (non-hydrogen) atoms. The predicted molar refractivity (Wildman–Crippen MR) is 122 cm³/mol. The minimum atomic E-state index is -0.474. The molecular weight excluding hydrogens is 436 g/mol. The second-order valence-corrected chi connectivity index (χ2v) is 9.76. The highest BCUT2D eigenvalue weighted by Gasteiger charge is 2.49. The number of amides is 1. The van der Waals surface area contributed by atoms with Gasteiger partial charge in [-0.2, -0.15) is 0 Å². The van der Waals surface area contributed by atoms with E-state index in [2.05, 4.69) is 22.2 Å². The van der Waals surface area contributed by atoms with Crippen LogP contribution in [-0.2, 0) is 0 Å². The summed E-state index contributed by atoms with van der Waals surface area (Å²) in [6, 6.07) is 7.85. The van der Waals surface area contributed by atoms with Crippen LogP contribution >= 0.6 is 23.2 Å². The Balaban J connectivity index is 1.49. The minimum absolute atomic E-state index is 0.115. The summed E-state index contributed by atoms with van der Waals surface area (Å²) >= 11 is 12.7. The first kappa shape index (κ1) is 20.8. The number of halogens is 3. The zero-order chi connectivity index (χ0) is 21.8. The monoisotopic (exact) mass is 459 g/mol. The first-order valence-electron chi connectivity index (χ1n) is 10.9. The van der Waals surface area contributed by atoms with Gasteiger partial charge in [-0.15, -0.1) is 0 Å². The molecule has 162 valence electrons. The van der Waals surface area contributed by atoms with Gasteiger partial charge in [0.1, 0.15) is 17.2 Å². The lowest BCUT2D eigenvalue weighted by atomic mass is 9.78. The van der Waals surface area contributed by atoms with E-state index in [0.29, 0.717) is 33.5 Å². The van der Waals surface area contributed by atoms with Gasteiger partial charge in [-0.3, -0.25) is 4.79 Å². The number of H-pyrrole nitrogens is 1. The van der Waals surface area contributed by atoms with Crippen LogP contribution < -0.4 is 5.32 Å². The summed E-state index contributed by atoms with van der Waals surface area (Å²) in [5.74, 6) is 0.923. The molecule has 0 radical (unpaired) electrons. The van der Waals surface area contributed by atoms with Gasteiger partial charge in [0.25, 0.3) is 5.91 Å². The van der Waals surface area contributed by atoms with Crippen LogP contribution in [0.25, 0.3) is 22.4 Å². The smallest absolute Gasteiger partial charge is 0.251 e. The molecule has 1 aromatic heterocycles. The molecule has 0 saturated heterocycles. The number of aromatic nitrogens is 2. The van der Waals surface area contributed by atoms with E-state index in [4.69, 9.17) is 23.2 Å². The lowest BCUT2D eigenvalue weighted by Gasteiger charge is -2.38. The number of hydrogen-bond donors (Lipinski definition) is 2. The Bertz CT molecular complexity index is 1160. The Morgan fingerprint density at radius 1 is 1.32 bits per heavy atom. The number of carbonyl (C=O) groups is 1. The first-order chi connectivity index (χ1) is 14.9. The molecule has 4 nitrogen and oxygen atoms in total. The zero-order valence-corrected chi connectivity index (χ0v) is 18.8. The zero-order valence-electron chi connectivity index (χ0n) is 17.3. The molecule has 2 N–H and O–H groups in total. The Hall–Kier alpha value is -2.11. The van der Waals surface area contributed by atoms with Crippen LogP contribution in [0, 0.1) is 17.7 Å². The molecule has 5 rings (SSSR count). The SMILES string of the molecule is CCC1C[C@@H]2CCCC1(NC(=O)c1cc(Cl)c3nc(-c4c(F)cccc4Cl)[nH]c3c1)C2. The highest BCUT2D eigenvalue weighted by Crippen LogP contribution is 2.50. The van der Waals surface area contributed by atoms with Crippen molar-refractivity contribution in [1.29, 1.82) is 0 Å². The van der Waals surface area contributed by atoms with Crippen LogP contribution in [0.2, 0.25) is 10.0 Å². The second kappa shape index (κ2) is 7.79. The highest BCUT2D eigenvalue weighted by atomic mass is 35.5. The van der Waals surface area contributed by atoms with Gasteiger partial charge in [-0.25, -0.2) is 9.37 Å². The quantitative estimate of drug-likeness (QED) is 0.452. The van der Waals surface area contributed by atoms with Gasteiger partial charge in [-0.1, -0.05) is 55.5 Å². The van der Waals surface area contributed by atoms with Gasteiger partial charge in [0, 0.05) is 11.1 Å². The lowest BCUT2D eigenvalue weighted by molar-refractivity contribution is 0.0843. The van der Waals surface area contributed by atoms with Gasteiger partial charge in [0.05, 0.1) is 21.1 Å². The number of nitrogens with zero attached hydrogens (tertiary/aromatic N) is 1. The van der Waals surface area contributed by atoms with E-state index in [-0.39, 0.29) is 27.9 Å². The van der Waals surface area contributed by atoms with Crippen LogP contribution in [0.3, 0.4) is 0 Å². The number of imidazole rings is 1. The standard InChI is InChI=1S/C24H24Cl2FN3O/c1-2-15-9-13-5-4-8-24(15,12-13)30-23(31)14-10-17(26)21-19(11-14)28-22(29-21)20-16(25)6-3-7-18(20)27/h3,6-7,10-11,13,15H,2,4-5,8-9,12H2,1H3,(H,28,29)(H,30,31)/t13-,15?,24?/m0/s1. The number of nitrogens with one attached hydrogen (secondary N) is 2. The van der Waals surface area contributed by atoms with Crippen LogP contribution in [-0.4, -0.2) is 21.4 Å². The minimum Gasteiger partial charge on any atom is -0.346 e. The molecule has 0 aliphatic heterocycles. The molecule has 2 saturated carbocycles. The maximum atomic E-state index is 14.3. The van der Waals surface area contributed by atoms with E-state index in [1.165, 1.54) is 18.9 Å². The lowest BCUT2D eigenvalue weighted by Crippen LogP contribution is -2.52. The number of benzene rings is 2. The van der Waals surface area contributed by atoms with Crippen molar-refractivity contribution in [3.8, 4) is 11.4 Å². The number of fused-ring (bicyclic) bond motifs is 3. The molecule has 7 heteroatoms.